The van der Waals surface area contributed by atoms with Crippen molar-refractivity contribution in [3.63, 3.8) is 0 Å². The number of fused-ring (bicyclic) bond motifs is 1. The van der Waals surface area contributed by atoms with E-state index in [1.165, 1.54) is 0 Å². The molecule has 2 aromatic carbocycles. The van der Waals surface area contributed by atoms with Crippen LogP contribution in [-0.4, -0.2) is 41.0 Å². The smallest absolute Gasteiger partial charge is 0.319 e. The van der Waals surface area contributed by atoms with Crippen molar-refractivity contribution in [1.82, 2.24) is 14.9 Å². The first-order valence-electron chi connectivity index (χ1n) is 11.0. The van der Waals surface area contributed by atoms with Crippen LogP contribution in [0, 0.1) is 0 Å². The molecule has 0 radical (unpaired) electrons. The molecule has 0 saturated carbocycles. The molecule has 0 unspecified atom stereocenters. The zero-order valence-corrected chi connectivity index (χ0v) is 19.3. The molecule has 7 nitrogen and oxygen atoms in total. The first kappa shape index (κ1) is 22.2. The Morgan fingerprint density at radius 2 is 1.94 bits per heavy atom. The van der Waals surface area contributed by atoms with Gasteiger partial charge in [-0.2, -0.15) is 0 Å². The van der Waals surface area contributed by atoms with Gasteiger partial charge in [-0.1, -0.05) is 25.1 Å². The molecule has 1 fully saturated rings. The third-order valence-electron chi connectivity index (χ3n) is 5.74. The second kappa shape index (κ2) is 10.1. The SMILES string of the molecule is CCCn1c(=O)c(N2CCC(NC(=O)Nc3cccc(SC)c3)CC2)nc2ccccc21. The second-order valence-electron chi connectivity index (χ2n) is 7.97. The van der Waals surface area contributed by atoms with Crippen molar-refractivity contribution < 1.29 is 4.79 Å². The van der Waals surface area contributed by atoms with Crippen LogP contribution in [0.5, 0.6) is 0 Å². The predicted octanol–water partition coefficient (Wildman–Crippen LogP) is 4.32. The van der Waals surface area contributed by atoms with Gasteiger partial charge >= 0.3 is 6.03 Å². The summed E-state index contributed by atoms with van der Waals surface area (Å²) in [6.45, 7) is 4.10. The number of aromatic nitrogens is 2. The van der Waals surface area contributed by atoms with Crippen LogP contribution in [0.1, 0.15) is 26.2 Å². The molecule has 3 aromatic rings. The molecular weight excluding hydrogens is 422 g/mol. The summed E-state index contributed by atoms with van der Waals surface area (Å²) in [5, 5.41) is 5.98. The number of para-hydroxylation sites is 2. The number of rotatable bonds is 6. The maximum absolute atomic E-state index is 13.2. The summed E-state index contributed by atoms with van der Waals surface area (Å²) in [5.41, 5.74) is 2.46. The van der Waals surface area contributed by atoms with Crippen LogP contribution in [-0.2, 0) is 6.54 Å². The average molecular weight is 452 g/mol. The Morgan fingerprint density at radius 1 is 1.16 bits per heavy atom. The van der Waals surface area contributed by atoms with Gasteiger partial charge in [-0.05, 0) is 55.9 Å². The molecule has 0 spiro atoms. The van der Waals surface area contributed by atoms with Gasteiger partial charge in [0.05, 0.1) is 11.0 Å². The maximum atomic E-state index is 13.2. The van der Waals surface area contributed by atoms with Gasteiger partial charge in [-0.15, -0.1) is 11.8 Å². The lowest BCUT2D eigenvalue weighted by Crippen LogP contribution is -2.47. The van der Waals surface area contributed by atoms with Gasteiger partial charge in [0.15, 0.2) is 5.82 Å². The number of benzene rings is 2. The summed E-state index contributed by atoms with van der Waals surface area (Å²) in [6, 6.07) is 15.4. The van der Waals surface area contributed by atoms with Gasteiger partial charge in [0.1, 0.15) is 0 Å². The van der Waals surface area contributed by atoms with Crippen molar-refractivity contribution in [3.05, 3.63) is 58.9 Å². The van der Waals surface area contributed by atoms with E-state index in [0.717, 1.165) is 40.9 Å². The Bertz CT molecular complexity index is 1150. The van der Waals surface area contributed by atoms with E-state index < -0.39 is 0 Å². The molecule has 4 rings (SSSR count). The van der Waals surface area contributed by atoms with E-state index in [0.29, 0.717) is 25.5 Å². The highest BCUT2D eigenvalue weighted by Crippen LogP contribution is 2.20. The van der Waals surface area contributed by atoms with Crippen LogP contribution in [0.25, 0.3) is 11.0 Å². The summed E-state index contributed by atoms with van der Waals surface area (Å²) >= 11 is 1.64. The van der Waals surface area contributed by atoms with Gasteiger partial charge in [-0.25, -0.2) is 9.78 Å². The van der Waals surface area contributed by atoms with E-state index in [1.807, 2.05) is 59.4 Å². The van der Waals surface area contributed by atoms with E-state index in [-0.39, 0.29) is 17.6 Å². The lowest BCUT2D eigenvalue weighted by molar-refractivity contribution is 0.246. The number of thioether (sulfide) groups is 1. The number of amides is 2. The zero-order chi connectivity index (χ0) is 22.5. The fraction of sp³-hybridized carbons (Fsp3) is 0.375. The highest BCUT2D eigenvalue weighted by molar-refractivity contribution is 7.98. The first-order chi connectivity index (χ1) is 15.6. The molecule has 2 N–H and O–H groups in total. The van der Waals surface area contributed by atoms with Gasteiger partial charge in [0, 0.05) is 36.3 Å². The van der Waals surface area contributed by atoms with Crippen LogP contribution in [0.4, 0.5) is 16.3 Å². The minimum absolute atomic E-state index is 0.0385. The monoisotopic (exact) mass is 451 g/mol. The molecule has 168 valence electrons. The van der Waals surface area contributed by atoms with Gasteiger partial charge in [-0.3, -0.25) is 4.79 Å². The molecule has 1 aliphatic rings. The van der Waals surface area contributed by atoms with Crippen LogP contribution >= 0.6 is 11.8 Å². The number of carbonyl (C=O) groups excluding carboxylic acids is 1. The molecule has 2 amide bonds. The average Bonchev–Trinajstić information content (AvgIpc) is 2.81. The Labute approximate surface area is 192 Å². The van der Waals surface area contributed by atoms with Crippen molar-refractivity contribution in [1.29, 1.82) is 0 Å². The molecule has 0 atom stereocenters. The minimum Gasteiger partial charge on any atom is -0.352 e. The number of urea groups is 1. The lowest BCUT2D eigenvalue weighted by atomic mass is 10.1. The number of hydrogen-bond donors (Lipinski definition) is 2. The topological polar surface area (TPSA) is 79.3 Å². The van der Waals surface area contributed by atoms with E-state index in [9.17, 15) is 9.59 Å². The molecule has 2 heterocycles. The van der Waals surface area contributed by atoms with Crippen LogP contribution < -0.4 is 21.1 Å². The molecule has 0 aliphatic carbocycles. The van der Waals surface area contributed by atoms with E-state index in [4.69, 9.17) is 4.98 Å². The fourth-order valence-corrected chi connectivity index (χ4v) is 4.58. The van der Waals surface area contributed by atoms with Gasteiger partial charge in [0.2, 0.25) is 0 Å². The first-order valence-corrected chi connectivity index (χ1v) is 12.3. The standard InChI is InChI=1S/C24H29N5O2S/c1-3-13-29-21-10-5-4-9-20(21)27-22(23(29)30)28-14-11-17(12-15-28)25-24(31)26-18-7-6-8-19(16-18)32-2/h4-10,16-17H,3,11-15H2,1-2H3,(H2,25,26,31). The minimum atomic E-state index is -0.198. The number of aryl methyl sites for hydroxylation is 1. The van der Waals surface area contributed by atoms with E-state index in [1.54, 1.807) is 11.8 Å². The molecule has 1 aliphatic heterocycles. The number of carbonyl (C=O) groups is 1. The normalized spacial score (nSPS) is 14.5. The van der Waals surface area contributed by atoms with Crippen LogP contribution in [0.15, 0.2) is 58.2 Å². The highest BCUT2D eigenvalue weighted by atomic mass is 32.2. The third-order valence-corrected chi connectivity index (χ3v) is 6.47. The molecule has 8 heteroatoms. The van der Waals surface area contributed by atoms with Crippen LogP contribution in [0.3, 0.4) is 0 Å². The van der Waals surface area contributed by atoms with Gasteiger partial charge < -0.3 is 20.1 Å². The third kappa shape index (κ3) is 4.91. The lowest BCUT2D eigenvalue weighted by Gasteiger charge is -2.33. The van der Waals surface area contributed by atoms with Gasteiger partial charge in [0.25, 0.3) is 5.56 Å². The number of hydrogen-bond acceptors (Lipinski definition) is 5. The Kier molecular flexibility index (Phi) is 6.99. The predicted molar refractivity (Wildman–Crippen MR) is 132 cm³/mol. The van der Waals surface area contributed by atoms with E-state index >= 15 is 0 Å². The number of nitrogens with zero attached hydrogens (tertiary/aromatic N) is 3. The van der Waals surface area contributed by atoms with Crippen molar-refractivity contribution in [2.45, 2.75) is 43.7 Å². The van der Waals surface area contributed by atoms with Crippen molar-refractivity contribution in [2.75, 3.05) is 29.6 Å². The molecular formula is C24H29N5O2S. The van der Waals surface area contributed by atoms with Crippen molar-refractivity contribution in [3.8, 4) is 0 Å². The zero-order valence-electron chi connectivity index (χ0n) is 18.5. The van der Waals surface area contributed by atoms with Crippen molar-refractivity contribution in [2.24, 2.45) is 0 Å². The summed E-state index contributed by atoms with van der Waals surface area (Å²) in [6.07, 6.45) is 4.42. The summed E-state index contributed by atoms with van der Waals surface area (Å²) in [5.74, 6) is 0.508. The highest BCUT2D eigenvalue weighted by Gasteiger charge is 2.24. The molecule has 32 heavy (non-hydrogen) atoms. The second-order valence-corrected chi connectivity index (χ2v) is 8.85. The maximum Gasteiger partial charge on any atom is 0.319 e. The Hall–Kier alpha value is -3.00. The molecule has 1 aromatic heterocycles. The number of nitrogens with one attached hydrogen (secondary N) is 2. The quantitative estimate of drug-likeness (QED) is 0.546. The number of anilines is 2. The largest absolute Gasteiger partial charge is 0.352 e. The Morgan fingerprint density at radius 3 is 2.69 bits per heavy atom. The van der Waals surface area contributed by atoms with Crippen molar-refractivity contribution >= 4 is 40.3 Å². The number of piperidine rings is 1. The molecule has 1 saturated heterocycles. The summed E-state index contributed by atoms with van der Waals surface area (Å²) in [4.78, 5) is 33.5. The van der Waals surface area contributed by atoms with Crippen LogP contribution in [0.2, 0.25) is 0 Å². The Balaban J connectivity index is 1.41. The summed E-state index contributed by atoms with van der Waals surface area (Å²) in [7, 11) is 0. The summed E-state index contributed by atoms with van der Waals surface area (Å²) < 4.78 is 1.83. The van der Waals surface area contributed by atoms with E-state index in [2.05, 4.69) is 22.5 Å². The fourth-order valence-electron chi connectivity index (χ4n) is 4.12. The molecule has 0 bridgehead atoms.